The van der Waals surface area contributed by atoms with Gasteiger partial charge in [-0.2, -0.15) is 0 Å². The van der Waals surface area contributed by atoms with Crippen LogP contribution in [0.25, 0.3) is 0 Å². The highest BCUT2D eigenvalue weighted by atomic mass is 79.9. The Morgan fingerprint density at radius 2 is 1.88 bits per heavy atom. The molecule has 0 fully saturated rings. The van der Waals surface area contributed by atoms with E-state index in [0.717, 1.165) is 16.7 Å². The largest absolute Gasteiger partial charge is 0.381 e. The molecule has 0 aliphatic heterocycles. The third kappa shape index (κ3) is 3.34. The predicted octanol–water partition coefficient (Wildman–Crippen LogP) is 4.68. The molecular formula is C15H16BrN. The highest BCUT2D eigenvalue weighted by molar-refractivity contribution is 9.10. The Balaban J connectivity index is 2.05. The van der Waals surface area contributed by atoms with E-state index in [1.54, 1.807) is 0 Å². The molecule has 0 aliphatic rings. The van der Waals surface area contributed by atoms with Crippen molar-refractivity contribution in [1.29, 1.82) is 0 Å². The Bertz CT molecular complexity index is 520. The van der Waals surface area contributed by atoms with Gasteiger partial charge in [0.1, 0.15) is 0 Å². The zero-order valence-corrected chi connectivity index (χ0v) is 11.7. The van der Waals surface area contributed by atoms with Crippen molar-refractivity contribution in [3.63, 3.8) is 0 Å². The number of benzene rings is 2. The summed E-state index contributed by atoms with van der Waals surface area (Å²) < 4.78 is 1.15. The fraction of sp³-hybridized carbons (Fsp3) is 0.200. The smallest absolute Gasteiger partial charge is 0.0400 e. The summed E-state index contributed by atoms with van der Waals surface area (Å²) in [6.07, 6.45) is 0. The monoisotopic (exact) mass is 289 g/mol. The van der Waals surface area contributed by atoms with Gasteiger partial charge in [0.2, 0.25) is 0 Å². The Labute approximate surface area is 111 Å². The Morgan fingerprint density at radius 3 is 2.59 bits per heavy atom. The van der Waals surface area contributed by atoms with E-state index in [0.29, 0.717) is 0 Å². The van der Waals surface area contributed by atoms with Crippen LogP contribution in [-0.2, 0) is 6.54 Å². The third-order valence-corrected chi connectivity index (χ3v) is 3.61. The fourth-order valence-electron chi connectivity index (χ4n) is 1.73. The summed E-state index contributed by atoms with van der Waals surface area (Å²) in [7, 11) is 0. The molecule has 0 spiro atoms. The van der Waals surface area contributed by atoms with Crippen molar-refractivity contribution in [2.75, 3.05) is 5.32 Å². The lowest BCUT2D eigenvalue weighted by Gasteiger charge is -2.08. The topological polar surface area (TPSA) is 12.0 Å². The molecule has 2 aromatic carbocycles. The van der Waals surface area contributed by atoms with E-state index in [4.69, 9.17) is 0 Å². The summed E-state index contributed by atoms with van der Waals surface area (Å²) in [5.74, 6) is 0. The zero-order chi connectivity index (χ0) is 12.3. The second kappa shape index (κ2) is 5.37. The van der Waals surface area contributed by atoms with Gasteiger partial charge in [0, 0.05) is 16.7 Å². The maximum absolute atomic E-state index is 3.54. The van der Waals surface area contributed by atoms with Crippen LogP contribution in [0.4, 0.5) is 5.69 Å². The number of hydrogen-bond donors (Lipinski definition) is 1. The van der Waals surface area contributed by atoms with E-state index in [-0.39, 0.29) is 0 Å². The number of nitrogens with one attached hydrogen (secondary N) is 1. The van der Waals surface area contributed by atoms with Crippen LogP contribution in [0.2, 0.25) is 0 Å². The first-order valence-corrected chi connectivity index (χ1v) is 6.50. The van der Waals surface area contributed by atoms with E-state index >= 15 is 0 Å². The van der Waals surface area contributed by atoms with Crippen molar-refractivity contribution < 1.29 is 0 Å². The molecule has 0 aromatic heterocycles. The van der Waals surface area contributed by atoms with E-state index in [9.17, 15) is 0 Å². The molecular weight excluding hydrogens is 274 g/mol. The number of aryl methyl sites for hydroxylation is 2. The maximum Gasteiger partial charge on any atom is 0.0400 e. The van der Waals surface area contributed by atoms with E-state index in [2.05, 4.69) is 77.6 Å². The van der Waals surface area contributed by atoms with Gasteiger partial charge in [-0.1, -0.05) is 51.8 Å². The van der Waals surface area contributed by atoms with Crippen LogP contribution in [0.15, 0.2) is 46.9 Å². The number of hydrogen-bond acceptors (Lipinski definition) is 1. The van der Waals surface area contributed by atoms with Crippen molar-refractivity contribution in [2.45, 2.75) is 20.4 Å². The molecule has 1 N–H and O–H groups in total. The summed E-state index contributed by atoms with van der Waals surface area (Å²) >= 11 is 3.54. The Morgan fingerprint density at radius 1 is 1.06 bits per heavy atom. The zero-order valence-electron chi connectivity index (χ0n) is 10.1. The van der Waals surface area contributed by atoms with Gasteiger partial charge in [-0.25, -0.2) is 0 Å². The first-order chi connectivity index (χ1) is 8.15. The quantitative estimate of drug-likeness (QED) is 0.865. The third-order valence-electron chi connectivity index (χ3n) is 2.75. The average Bonchev–Trinajstić information content (AvgIpc) is 2.31. The number of halogens is 1. The summed E-state index contributed by atoms with van der Waals surface area (Å²) in [5, 5.41) is 3.43. The predicted molar refractivity (Wildman–Crippen MR) is 77.4 cm³/mol. The molecule has 0 radical (unpaired) electrons. The maximum atomic E-state index is 3.54. The SMILES string of the molecule is Cc1cccc(CNc2ccc(C)c(Br)c2)c1. The minimum Gasteiger partial charge on any atom is -0.381 e. The first kappa shape index (κ1) is 12.2. The summed E-state index contributed by atoms with van der Waals surface area (Å²) in [6.45, 7) is 5.07. The van der Waals surface area contributed by atoms with Gasteiger partial charge in [-0.15, -0.1) is 0 Å². The molecule has 17 heavy (non-hydrogen) atoms. The van der Waals surface area contributed by atoms with Gasteiger partial charge in [-0.05, 0) is 37.1 Å². The summed E-state index contributed by atoms with van der Waals surface area (Å²) in [5.41, 5.74) is 5.01. The van der Waals surface area contributed by atoms with Crippen LogP contribution < -0.4 is 5.32 Å². The van der Waals surface area contributed by atoms with Gasteiger partial charge in [0.15, 0.2) is 0 Å². The lowest BCUT2D eigenvalue weighted by molar-refractivity contribution is 1.14. The van der Waals surface area contributed by atoms with Crippen LogP contribution in [-0.4, -0.2) is 0 Å². The van der Waals surface area contributed by atoms with Crippen molar-refractivity contribution in [3.8, 4) is 0 Å². The molecule has 1 nitrogen and oxygen atoms in total. The van der Waals surface area contributed by atoms with Gasteiger partial charge in [-0.3, -0.25) is 0 Å². The van der Waals surface area contributed by atoms with E-state index < -0.39 is 0 Å². The van der Waals surface area contributed by atoms with Gasteiger partial charge < -0.3 is 5.32 Å². The molecule has 0 unspecified atom stereocenters. The standard InChI is InChI=1S/C15H16BrN/c1-11-4-3-5-13(8-11)10-17-14-7-6-12(2)15(16)9-14/h3-9,17H,10H2,1-2H3. The molecule has 0 bridgehead atoms. The van der Waals surface area contributed by atoms with Crippen molar-refractivity contribution in [1.82, 2.24) is 0 Å². The normalized spacial score (nSPS) is 10.3. The van der Waals surface area contributed by atoms with Crippen LogP contribution in [0.3, 0.4) is 0 Å². The molecule has 0 saturated carbocycles. The number of anilines is 1. The van der Waals surface area contributed by atoms with E-state index in [1.807, 2.05) is 0 Å². The van der Waals surface area contributed by atoms with Crippen molar-refractivity contribution in [2.24, 2.45) is 0 Å². The second-order valence-corrected chi connectivity index (χ2v) is 5.16. The number of rotatable bonds is 3. The van der Waals surface area contributed by atoms with Gasteiger partial charge >= 0.3 is 0 Å². The molecule has 0 aliphatic carbocycles. The van der Waals surface area contributed by atoms with Crippen LogP contribution in [0.1, 0.15) is 16.7 Å². The molecule has 2 rings (SSSR count). The molecule has 2 aromatic rings. The molecule has 0 heterocycles. The lowest BCUT2D eigenvalue weighted by atomic mass is 10.1. The highest BCUT2D eigenvalue weighted by Crippen LogP contribution is 2.21. The summed E-state index contributed by atoms with van der Waals surface area (Å²) in [4.78, 5) is 0. The molecule has 2 heteroatoms. The minimum absolute atomic E-state index is 0.858. The Kier molecular flexibility index (Phi) is 3.85. The molecule has 0 saturated heterocycles. The Hall–Kier alpha value is -1.28. The van der Waals surface area contributed by atoms with E-state index in [1.165, 1.54) is 16.7 Å². The molecule has 88 valence electrons. The summed E-state index contributed by atoms with van der Waals surface area (Å²) in [6, 6.07) is 14.9. The minimum atomic E-state index is 0.858. The van der Waals surface area contributed by atoms with Crippen molar-refractivity contribution in [3.05, 3.63) is 63.6 Å². The fourth-order valence-corrected chi connectivity index (χ4v) is 2.11. The van der Waals surface area contributed by atoms with Crippen LogP contribution in [0, 0.1) is 13.8 Å². The second-order valence-electron chi connectivity index (χ2n) is 4.31. The average molecular weight is 290 g/mol. The lowest BCUT2D eigenvalue weighted by Crippen LogP contribution is -1.99. The first-order valence-electron chi connectivity index (χ1n) is 5.71. The van der Waals surface area contributed by atoms with Crippen LogP contribution >= 0.6 is 15.9 Å². The molecule has 0 amide bonds. The van der Waals surface area contributed by atoms with Gasteiger partial charge in [0.25, 0.3) is 0 Å². The highest BCUT2D eigenvalue weighted by Gasteiger charge is 1.98. The van der Waals surface area contributed by atoms with Crippen LogP contribution in [0.5, 0.6) is 0 Å². The van der Waals surface area contributed by atoms with Gasteiger partial charge in [0.05, 0.1) is 0 Å². The molecule has 0 atom stereocenters. The van der Waals surface area contributed by atoms with Crippen molar-refractivity contribution >= 4 is 21.6 Å².